The van der Waals surface area contributed by atoms with E-state index in [-0.39, 0.29) is 0 Å². The Labute approximate surface area is 101 Å². The lowest BCUT2D eigenvalue weighted by molar-refractivity contribution is 0.470. The molecular weight excluding hydrogens is 214 g/mol. The van der Waals surface area contributed by atoms with Gasteiger partial charge in [0.15, 0.2) is 0 Å². The van der Waals surface area contributed by atoms with Crippen LogP contribution in [0.15, 0.2) is 18.3 Å². The molecule has 0 aliphatic carbocycles. The fourth-order valence-electron chi connectivity index (χ4n) is 1.74. The predicted octanol–water partition coefficient (Wildman–Crippen LogP) is 1.99. The van der Waals surface area contributed by atoms with Crippen molar-refractivity contribution in [3.8, 4) is 0 Å². The van der Waals surface area contributed by atoms with E-state index >= 15 is 0 Å². The number of aryl methyl sites for hydroxylation is 1. The van der Waals surface area contributed by atoms with Gasteiger partial charge in [-0.05, 0) is 26.3 Å². The van der Waals surface area contributed by atoms with E-state index in [0.29, 0.717) is 18.4 Å². The molecule has 2 N–H and O–H groups in total. The molecule has 0 aliphatic rings. The first-order valence-electron chi connectivity index (χ1n) is 5.94. The molecule has 0 radical (unpaired) electrons. The quantitative estimate of drug-likeness (QED) is 0.878. The summed E-state index contributed by atoms with van der Waals surface area (Å²) in [7, 11) is 0. The Bertz CT molecular complexity index is 497. The molecule has 0 saturated heterocycles. The Balaban J connectivity index is 2.14. The van der Waals surface area contributed by atoms with Crippen LogP contribution >= 0.6 is 0 Å². The Morgan fingerprint density at radius 1 is 1.41 bits per heavy atom. The van der Waals surface area contributed by atoms with Crippen molar-refractivity contribution in [1.29, 1.82) is 0 Å². The van der Waals surface area contributed by atoms with Crippen molar-refractivity contribution in [1.82, 2.24) is 19.6 Å². The third-order valence-electron chi connectivity index (χ3n) is 3.02. The number of anilines is 1. The zero-order valence-electron chi connectivity index (χ0n) is 10.6. The zero-order chi connectivity index (χ0) is 12.4. The van der Waals surface area contributed by atoms with Crippen LogP contribution in [0.4, 0.5) is 5.82 Å². The summed E-state index contributed by atoms with van der Waals surface area (Å²) in [6, 6.07) is 4.34. The normalized spacial score (nSPS) is 12.9. The second-order valence-corrected chi connectivity index (χ2v) is 4.41. The van der Waals surface area contributed by atoms with E-state index in [4.69, 9.17) is 5.73 Å². The van der Waals surface area contributed by atoms with E-state index in [1.807, 2.05) is 34.6 Å². The molecule has 2 aromatic rings. The topological polar surface area (TPSA) is 61.7 Å². The molecule has 92 valence electrons. The molecule has 2 aromatic heterocycles. The minimum Gasteiger partial charge on any atom is -0.382 e. The molecule has 0 aromatic carbocycles. The second-order valence-electron chi connectivity index (χ2n) is 4.41. The summed E-state index contributed by atoms with van der Waals surface area (Å²) in [6.45, 7) is 6.99. The molecule has 2 heterocycles. The highest BCUT2D eigenvalue weighted by molar-refractivity contribution is 5.29. The van der Waals surface area contributed by atoms with Gasteiger partial charge in [0.05, 0.1) is 12.2 Å². The monoisotopic (exact) mass is 233 g/mol. The lowest BCUT2D eigenvalue weighted by Gasteiger charge is -2.08. The Morgan fingerprint density at radius 2 is 2.18 bits per heavy atom. The molecule has 17 heavy (non-hydrogen) atoms. The second kappa shape index (κ2) is 4.61. The summed E-state index contributed by atoms with van der Waals surface area (Å²) in [5.74, 6) is 0.559. The number of aromatic nitrogens is 4. The van der Waals surface area contributed by atoms with Gasteiger partial charge in [0.2, 0.25) is 0 Å². The first-order chi connectivity index (χ1) is 8.10. The minimum absolute atomic E-state index is 0.438. The van der Waals surface area contributed by atoms with Crippen LogP contribution in [0, 0.1) is 6.92 Å². The number of nitrogen functional groups attached to an aromatic ring is 1. The summed E-state index contributed by atoms with van der Waals surface area (Å²) < 4.78 is 3.87. The molecule has 0 amide bonds. The highest BCUT2D eigenvalue weighted by Crippen LogP contribution is 2.11. The highest BCUT2D eigenvalue weighted by atomic mass is 15.3. The van der Waals surface area contributed by atoms with Crippen molar-refractivity contribution in [2.75, 3.05) is 5.73 Å². The van der Waals surface area contributed by atoms with Gasteiger partial charge in [-0.15, -0.1) is 0 Å². The van der Waals surface area contributed by atoms with Crippen LogP contribution in [0.3, 0.4) is 0 Å². The first-order valence-corrected chi connectivity index (χ1v) is 5.94. The molecule has 0 bridgehead atoms. The summed E-state index contributed by atoms with van der Waals surface area (Å²) in [6.07, 6.45) is 3.10. The van der Waals surface area contributed by atoms with Crippen molar-refractivity contribution in [3.63, 3.8) is 0 Å². The van der Waals surface area contributed by atoms with Crippen LogP contribution < -0.4 is 5.73 Å². The van der Waals surface area contributed by atoms with Gasteiger partial charge in [0, 0.05) is 24.0 Å². The lowest BCUT2D eigenvalue weighted by atomic mass is 10.3. The maximum atomic E-state index is 5.65. The van der Waals surface area contributed by atoms with Gasteiger partial charge in [-0.25, -0.2) is 0 Å². The van der Waals surface area contributed by atoms with E-state index in [0.717, 1.165) is 17.8 Å². The molecule has 0 saturated carbocycles. The van der Waals surface area contributed by atoms with Crippen LogP contribution in [-0.2, 0) is 6.54 Å². The zero-order valence-corrected chi connectivity index (χ0v) is 10.6. The van der Waals surface area contributed by atoms with Crippen LogP contribution in [0.5, 0.6) is 0 Å². The smallest absolute Gasteiger partial charge is 0.145 e. The minimum atomic E-state index is 0.438. The Hall–Kier alpha value is -1.78. The molecule has 1 atom stereocenters. The van der Waals surface area contributed by atoms with Crippen LogP contribution in [0.25, 0.3) is 0 Å². The molecule has 1 unspecified atom stereocenters. The van der Waals surface area contributed by atoms with E-state index in [2.05, 4.69) is 24.0 Å². The lowest BCUT2D eigenvalue weighted by Crippen LogP contribution is -2.08. The molecule has 0 aliphatic heterocycles. The van der Waals surface area contributed by atoms with Gasteiger partial charge in [-0.3, -0.25) is 9.36 Å². The maximum Gasteiger partial charge on any atom is 0.145 e. The summed E-state index contributed by atoms with van der Waals surface area (Å²) in [4.78, 5) is 0. The number of rotatable bonds is 4. The summed E-state index contributed by atoms with van der Waals surface area (Å²) >= 11 is 0. The highest BCUT2D eigenvalue weighted by Gasteiger charge is 2.07. The first kappa shape index (κ1) is 11.7. The summed E-state index contributed by atoms with van der Waals surface area (Å²) in [5, 5.41) is 8.77. The summed E-state index contributed by atoms with van der Waals surface area (Å²) in [5.41, 5.74) is 7.72. The number of hydrogen-bond donors (Lipinski definition) is 1. The van der Waals surface area contributed by atoms with E-state index in [1.165, 1.54) is 0 Å². The number of nitrogens with zero attached hydrogens (tertiary/aromatic N) is 4. The van der Waals surface area contributed by atoms with Gasteiger partial charge in [0.25, 0.3) is 0 Å². The van der Waals surface area contributed by atoms with Crippen molar-refractivity contribution in [3.05, 3.63) is 29.7 Å². The third-order valence-corrected chi connectivity index (χ3v) is 3.02. The van der Waals surface area contributed by atoms with Crippen molar-refractivity contribution < 1.29 is 0 Å². The van der Waals surface area contributed by atoms with Gasteiger partial charge in [-0.2, -0.15) is 10.2 Å². The number of nitrogens with two attached hydrogens (primary N) is 1. The average Bonchev–Trinajstić information content (AvgIpc) is 2.86. The number of hydrogen-bond acceptors (Lipinski definition) is 3. The van der Waals surface area contributed by atoms with Crippen LogP contribution in [0.1, 0.15) is 37.7 Å². The molecular formula is C12H19N5. The van der Waals surface area contributed by atoms with Crippen molar-refractivity contribution >= 4 is 5.82 Å². The fraction of sp³-hybridized carbons (Fsp3) is 0.500. The van der Waals surface area contributed by atoms with Gasteiger partial charge in [-0.1, -0.05) is 6.92 Å². The standard InChI is InChI=1S/C12H19N5/c1-4-9(2)16-6-5-11(14-16)8-17-10(3)7-12(13)15-17/h5-7,9H,4,8H2,1-3H3,(H2,13,15). The van der Waals surface area contributed by atoms with Gasteiger partial charge < -0.3 is 5.73 Å². The molecule has 0 fully saturated rings. The molecule has 5 nitrogen and oxygen atoms in total. The molecule has 5 heteroatoms. The Morgan fingerprint density at radius 3 is 2.76 bits per heavy atom. The SMILES string of the molecule is CCC(C)n1ccc(Cn2nc(N)cc2C)n1. The molecule has 2 rings (SSSR count). The van der Waals surface area contributed by atoms with Gasteiger partial charge >= 0.3 is 0 Å². The maximum absolute atomic E-state index is 5.65. The average molecular weight is 233 g/mol. The van der Waals surface area contributed by atoms with Crippen molar-refractivity contribution in [2.24, 2.45) is 0 Å². The molecule has 0 spiro atoms. The fourth-order valence-corrected chi connectivity index (χ4v) is 1.74. The largest absolute Gasteiger partial charge is 0.382 e. The van der Waals surface area contributed by atoms with E-state index in [1.54, 1.807) is 0 Å². The van der Waals surface area contributed by atoms with E-state index in [9.17, 15) is 0 Å². The van der Waals surface area contributed by atoms with Crippen molar-refractivity contribution in [2.45, 2.75) is 39.8 Å². The Kier molecular flexibility index (Phi) is 3.17. The van der Waals surface area contributed by atoms with Gasteiger partial charge in [0.1, 0.15) is 5.82 Å². The van der Waals surface area contributed by atoms with E-state index < -0.39 is 0 Å². The van der Waals surface area contributed by atoms with Crippen LogP contribution in [0.2, 0.25) is 0 Å². The third kappa shape index (κ3) is 2.49. The predicted molar refractivity (Wildman–Crippen MR) is 67.7 cm³/mol. The van der Waals surface area contributed by atoms with Crippen LogP contribution in [-0.4, -0.2) is 19.6 Å².